The number of carbonyl (C=O) groups is 1. The van der Waals surface area contributed by atoms with E-state index in [1.165, 1.54) is 11.2 Å². The molecule has 0 saturated carbocycles. The van der Waals surface area contributed by atoms with Crippen molar-refractivity contribution in [2.75, 3.05) is 6.54 Å². The van der Waals surface area contributed by atoms with E-state index in [4.69, 9.17) is 15.4 Å². The molecule has 0 spiro atoms. The first-order valence-corrected chi connectivity index (χ1v) is 4.87. The Kier molecular flexibility index (Phi) is 3.93. The van der Waals surface area contributed by atoms with Gasteiger partial charge < -0.3 is 20.3 Å². The van der Waals surface area contributed by atoms with Gasteiger partial charge in [0.2, 0.25) is 0 Å². The number of amides is 1. The van der Waals surface area contributed by atoms with Crippen LogP contribution in [0.1, 0.15) is 24.4 Å². The van der Waals surface area contributed by atoms with E-state index in [2.05, 4.69) is 5.16 Å². The first kappa shape index (κ1) is 12.1. The molecule has 88 valence electrons. The van der Waals surface area contributed by atoms with E-state index < -0.39 is 0 Å². The molecule has 0 aliphatic rings. The van der Waals surface area contributed by atoms with Crippen molar-refractivity contribution in [2.45, 2.75) is 19.9 Å². The van der Waals surface area contributed by atoms with Crippen molar-refractivity contribution in [3.8, 4) is 0 Å². The summed E-state index contributed by atoms with van der Waals surface area (Å²) in [7, 11) is 0. The Morgan fingerprint density at radius 3 is 2.81 bits per heavy atom. The zero-order valence-corrected chi connectivity index (χ0v) is 9.25. The summed E-state index contributed by atoms with van der Waals surface area (Å²) in [5.41, 5.74) is 5.38. The quantitative estimate of drug-likeness (QED) is 0.344. The Hall–Kier alpha value is -1.98. The normalized spacial score (nSPS) is 11.8. The molecular weight excluding hydrogens is 210 g/mol. The highest BCUT2D eigenvalue weighted by atomic mass is 16.4. The number of hydrogen-bond donors (Lipinski definition) is 2. The molecule has 3 N–H and O–H groups in total. The predicted octanol–water partition coefficient (Wildman–Crippen LogP) is 0.877. The number of furan rings is 1. The topological polar surface area (TPSA) is 92.1 Å². The lowest BCUT2D eigenvalue weighted by Crippen LogP contribution is -2.42. The Morgan fingerprint density at radius 1 is 1.69 bits per heavy atom. The highest BCUT2D eigenvalue weighted by molar-refractivity contribution is 5.95. The van der Waals surface area contributed by atoms with E-state index >= 15 is 0 Å². The molecule has 0 unspecified atom stereocenters. The molecule has 0 aromatic carbocycles. The molecule has 0 radical (unpaired) electrons. The van der Waals surface area contributed by atoms with E-state index in [0.717, 1.165) is 0 Å². The second kappa shape index (κ2) is 5.20. The van der Waals surface area contributed by atoms with Gasteiger partial charge >= 0.3 is 0 Å². The molecule has 1 rings (SSSR count). The largest absolute Gasteiger partial charge is 0.459 e. The maximum Gasteiger partial charge on any atom is 0.290 e. The highest BCUT2D eigenvalue weighted by Crippen LogP contribution is 2.08. The molecular formula is C10H15N3O3. The third-order valence-corrected chi connectivity index (χ3v) is 2.08. The lowest BCUT2D eigenvalue weighted by Gasteiger charge is -2.24. The molecule has 0 aliphatic carbocycles. The van der Waals surface area contributed by atoms with Crippen molar-refractivity contribution < 1.29 is 14.4 Å². The zero-order chi connectivity index (χ0) is 12.1. The summed E-state index contributed by atoms with van der Waals surface area (Å²) in [6.07, 6.45) is 1.43. The molecule has 0 saturated heterocycles. The van der Waals surface area contributed by atoms with Gasteiger partial charge in [0, 0.05) is 6.04 Å². The minimum atomic E-state index is -0.286. The molecule has 1 aromatic heterocycles. The molecule has 0 atom stereocenters. The van der Waals surface area contributed by atoms with Crippen molar-refractivity contribution in [1.82, 2.24) is 4.90 Å². The van der Waals surface area contributed by atoms with E-state index in [9.17, 15) is 4.79 Å². The zero-order valence-electron chi connectivity index (χ0n) is 9.25. The van der Waals surface area contributed by atoms with E-state index in [0.29, 0.717) is 0 Å². The number of rotatable bonds is 4. The smallest absolute Gasteiger partial charge is 0.290 e. The Morgan fingerprint density at radius 2 is 2.38 bits per heavy atom. The number of oxime groups is 1. The molecule has 1 amide bonds. The van der Waals surface area contributed by atoms with Gasteiger partial charge in [-0.3, -0.25) is 4.79 Å². The number of hydrogen-bond acceptors (Lipinski definition) is 4. The van der Waals surface area contributed by atoms with Crippen LogP contribution in [-0.4, -0.2) is 34.4 Å². The van der Waals surface area contributed by atoms with Crippen molar-refractivity contribution in [2.24, 2.45) is 10.9 Å². The van der Waals surface area contributed by atoms with Gasteiger partial charge in [0.1, 0.15) is 0 Å². The van der Waals surface area contributed by atoms with Gasteiger partial charge in [0.15, 0.2) is 11.6 Å². The van der Waals surface area contributed by atoms with Crippen LogP contribution in [-0.2, 0) is 0 Å². The molecule has 0 fully saturated rings. The van der Waals surface area contributed by atoms with Crippen molar-refractivity contribution >= 4 is 11.7 Å². The van der Waals surface area contributed by atoms with Crippen LogP contribution in [0.2, 0.25) is 0 Å². The van der Waals surface area contributed by atoms with Crippen LogP contribution in [0.3, 0.4) is 0 Å². The van der Waals surface area contributed by atoms with Gasteiger partial charge in [-0.1, -0.05) is 5.16 Å². The first-order chi connectivity index (χ1) is 7.56. The Bertz CT molecular complexity index is 371. The number of carbonyl (C=O) groups excluding carboxylic acids is 1. The van der Waals surface area contributed by atoms with Gasteiger partial charge in [0.05, 0.1) is 12.8 Å². The van der Waals surface area contributed by atoms with Crippen molar-refractivity contribution in [3.63, 3.8) is 0 Å². The predicted molar refractivity (Wildman–Crippen MR) is 58.3 cm³/mol. The summed E-state index contributed by atoms with van der Waals surface area (Å²) in [6, 6.07) is 3.14. The lowest BCUT2D eigenvalue weighted by atomic mass is 10.2. The second-order valence-corrected chi connectivity index (χ2v) is 3.60. The third-order valence-electron chi connectivity index (χ3n) is 2.08. The molecule has 6 nitrogen and oxygen atoms in total. The molecule has 1 heterocycles. The summed E-state index contributed by atoms with van der Waals surface area (Å²) in [4.78, 5) is 13.4. The van der Waals surface area contributed by atoms with E-state index in [1.54, 1.807) is 12.1 Å². The highest BCUT2D eigenvalue weighted by Gasteiger charge is 2.21. The first-order valence-electron chi connectivity index (χ1n) is 4.87. The average Bonchev–Trinajstić information content (AvgIpc) is 2.77. The van der Waals surface area contributed by atoms with Crippen molar-refractivity contribution in [3.05, 3.63) is 24.2 Å². The second-order valence-electron chi connectivity index (χ2n) is 3.60. The standard InChI is InChI=1S/C10H15N3O3/c1-7(2)13(6-9(11)12-15)10(14)8-4-3-5-16-8/h3-5,7,15H,6H2,1-2H3,(H2,11,12). The Balaban J connectivity index is 2.82. The summed E-state index contributed by atoms with van der Waals surface area (Å²) < 4.78 is 5.01. The van der Waals surface area contributed by atoms with Gasteiger partial charge in [-0.2, -0.15) is 0 Å². The van der Waals surface area contributed by atoms with Gasteiger partial charge in [0.25, 0.3) is 5.91 Å². The van der Waals surface area contributed by atoms with Crippen LogP contribution in [0.5, 0.6) is 0 Å². The fourth-order valence-corrected chi connectivity index (χ4v) is 1.24. The minimum absolute atomic E-state index is 0.0198. The number of amidine groups is 1. The van der Waals surface area contributed by atoms with Crippen LogP contribution in [0.4, 0.5) is 0 Å². The maximum atomic E-state index is 11.9. The monoisotopic (exact) mass is 225 g/mol. The maximum absolute atomic E-state index is 11.9. The molecule has 0 bridgehead atoms. The summed E-state index contributed by atoms with van der Waals surface area (Å²) in [6.45, 7) is 3.74. The van der Waals surface area contributed by atoms with E-state index in [-0.39, 0.29) is 30.1 Å². The molecule has 1 aromatic rings. The third kappa shape index (κ3) is 2.75. The summed E-state index contributed by atoms with van der Waals surface area (Å²) >= 11 is 0. The van der Waals surface area contributed by atoms with E-state index in [1.807, 2.05) is 13.8 Å². The van der Waals surface area contributed by atoms with Crippen LogP contribution in [0.25, 0.3) is 0 Å². The van der Waals surface area contributed by atoms with Crippen LogP contribution in [0, 0.1) is 0 Å². The van der Waals surface area contributed by atoms with Gasteiger partial charge in [-0.05, 0) is 26.0 Å². The summed E-state index contributed by atoms with van der Waals surface area (Å²) in [5.74, 6) is -0.0698. The fraction of sp³-hybridized carbons (Fsp3) is 0.400. The number of nitrogens with zero attached hydrogens (tertiary/aromatic N) is 2. The molecule has 16 heavy (non-hydrogen) atoms. The Labute approximate surface area is 93.3 Å². The lowest BCUT2D eigenvalue weighted by molar-refractivity contribution is 0.0701. The summed E-state index contributed by atoms with van der Waals surface area (Å²) in [5, 5.41) is 11.3. The van der Waals surface area contributed by atoms with Gasteiger partial charge in [-0.25, -0.2) is 0 Å². The number of nitrogens with two attached hydrogens (primary N) is 1. The molecule has 0 aliphatic heterocycles. The minimum Gasteiger partial charge on any atom is -0.459 e. The molecule has 6 heteroatoms. The van der Waals surface area contributed by atoms with Crippen LogP contribution in [0.15, 0.2) is 28.0 Å². The SMILES string of the molecule is CC(C)N(CC(N)=NO)C(=O)c1ccco1. The van der Waals surface area contributed by atoms with Gasteiger partial charge in [-0.15, -0.1) is 0 Å². The average molecular weight is 225 g/mol. The van der Waals surface area contributed by atoms with Crippen molar-refractivity contribution in [1.29, 1.82) is 0 Å². The van der Waals surface area contributed by atoms with Crippen LogP contribution >= 0.6 is 0 Å². The fourth-order valence-electron chi connectivity index (χ4n) is 1.24. The van der Waals surface area contributed by atoms with Crippen LogP contribution < -0.4 is 5.73 Å².